The van der Waals surface area contributed by atoms with E-state index < -0.39 is 0 Å². The van der Waals surface area contributed by atoms with E-state index in [-0.39, 0.29) is 16.2 Å². The van der Waals surface area contributed by atoms with Crippen LogP contribution in [0.4, 0.5) is 11.4 Å². The summed E-state index contributed by atoms with van der Waals surface area (Å²) in [5.41, 5.74) is 10.3. The van der Waals surface area contributed by atoms with E-state index in [2.05, 4.69) is 227 Å². The average Bonchev–Trinajstić information content (AvgIpc) is 3.85. The zero-order valence-corrected chi connectivity index (χ0v) is 35.1. The zero-order chi connectivity index (χ0) is 40.9. The summed E-state index contributed by atoms with van der Waals surface area (Å²) in [6, 6.07) is 58.3. The number of allylic oxidation sites excluding steroid dienone is 1. The molecule has 0 saturated carbocycles. The summed E-state index contributed by atoms with van der Waals surface area (Å²) in [6.45, 7) is 16.7. The average molecular weight is 773 g/mol. The molecular weight excluding hydrogens is 721 g/mol. The van der Waals surface area contributed by atoms with E-state index in [1.165, 1.54) is 39.0 Å². The van der Waals surface area contributed by atoms with Crippen LogP contribution in [0.3, 0.4) is 0 Å². The maximum absolute atomic E-state index is 6.74. The Morgan fingerprint density at radius 2 is 1.12 bits per heavy atom. The number of aromatic nitrogens is 2. The van der Waals surface area contributed by atoms with Gasteiger partial charge in [0.05, 0.1) is 17.7 Å². The summed E-state index contributed by atoms with van der Waals surface area (Å²) in [5.74, 6) is 2.42. The van der Waals surface area contributed by atoms with Gasteiger partial charge in [0.1, 0.15) is 17.3 Å². The van der Waals surface area contributed by atoms with Crippen molar-refractivity contribution in [1.29, 1.82) is 0 Å². The van der Waals surface area contributed by atoms with E-state index >= 15 is 0 Å². The highest BCUT2D eigenvalue weighted by atomic mass is 16.5. The van der Waals surface area contributed by atoms with Crippen LogP contribution in [0.25, 0.3) is 27.6 Å². The first-order chi connectivity index (χ1) is 28.4. The van der Waals surface area contributed by atoms with Crippen molar-refractivity contribution in [2.75, 3.05) is 16.5 Å². The number of rotatable bonds is 9. The van der Waals surface area contributed by atoms with E-state index in [4.69, 9.17) is 9.72 Å². The minimum Gasteiger partial charge on any atom is -0.457 e. The Labute approximate surface area is 348 Å². The quantitative estimate of drug-likeness (QED) is 0.146. The lowest BCUT2D eigenvalue weighted by atomic mass is 9.78. The number of fused-ring (bicyclic) bond motifs is 3. The Bertz CT molecular complexity index is 2830. The third-order valence-corrected chi connectivity index (χ3v) is 12.2. The summed E-state index contributed by atoms with van der Waals surface area (Å²) in [6.07, 6.45) is 4.25. The number of benzene rings is 6. The first-order valence-electron chi connectivity index (χ1n) is 20.6. The minimum atomic E-state index is -0.249. The molecule has 0 amide bonds. The molecule has 9 rings (SSSR count). The molecule has 0 spiro atoms. The van der Waals surface area contributed by atoms with Gasteiger partial charge in [0.2, 0.25) is 0 Å². The zero-order valence-electron chi connectivity index (χ0n) is 35.1. The molecule has 59 heavy (non-hydrogen) atoms. The first-order valence-corrected chi connectivity index (χ1v) is 20.6. The largest absolute Gasteiger partial charge is 0.457 e. The predicted octanol–water partition coefficient (Wildman–Crippen LogP) is 13.7. The number of anilines is 2. The smallest absolute Gasteiger partial charge is 0.137 e. The van der Waals surface area contributed by atoms with Crippen LogP contribution in [0.15, 0.2) is 182 Å². The molecule has 0 atom stereocenters. The number of hydrogen-bond donors (Lipinski definition) is 0. The molecule has 294 valence electrons. The molecule has 5 heteroatoms. The van der Waals surface area contributed by atoms with Crippen molar-refractivity contribution in [3.8, 4) is 17.3 Å². The highest BCUT2D eigenvalue weighted by molar-refractivity contribution is 6.09. The van der Waals surface area contributed by atoms with Crippen molar-refractivity contribution < 1.29 is 4.74 Å². The van der Waals surface area contributed by atoms with E-state index in [1.807, 2.05) is 12.3 Å². The summed E-state index contributed by atoms with van der Waals surface area (Å²) >= 11 is 0. The monoisotopic (exact) mass is 772 g/mol. The Kier molecular flexibility index (Phi) is 9.43. The fourth-order valence-corrected chi connectivity index (χ4v) is 8.58. The Hall–Kier alpha value is -6.59. The van der Waals surface area contributed by atoms with Gasteiger partial charge < -0.3 is 14.5 Å². The summed E-state index contributed by atoms with van der Waals surface area (Å²) < 4.78 is 9.01. The van der Waals surface area contributed by atoms with Gasteiger partial charge in [-0.05, 0) is 82.3 Å². The second kappa shape index (κ2) is 14.7. The molecule has 0 fully saturated rings. The summed E-state index contributed by atoms with van der Waals surface area (Å²) in [7, 11) is 0. The first kappa shape index (κ1) is 38.0. The van der Waals surface area contributed by atoms with Gasteiger partial charge in [0.25, 0.3) is 0 Å². The maximum atomic E-state index is 6.74. The number of ether oxygens (including phenoxy) is 1. The molecule has 2 aromatic heterocycles. The Balaban J connectivity index is 1.07. The van der Waals surface area contributed by atoms with Crippen LogP contribution in [0.1, 0.15) is 70.7 Å². The molecule has 1 aliphatic heterocycles. The van der Waals surface area contributed by atoms with E-state index in [0.717, 1.165) is 39.4 Å². The fourth-order valence-electron chi connectivity index (χ4n) is 8.58. The van der Waals surface area contributed by atoms with E-state index in [0.29, 0.717) is 6.67 Å². The van der Waals surface area contributed by atoms with Crippen LogP contribution in [0, 0.1) is 0 Å². The second-order valence-electron chi connectivity index (χ2n) is 17.9. The predicted molar refractivity (Wildman–Crippen MR) is 246 cm³/mol. The lowest BCUT2D eigenvalue weighted by molar-refractivity contribution is 0.483. The van der Waals surface area contributed by atoms with Gasteiger partial charge in [0, 0.05) is 63.2 Å². The van der Waals surface area contributed by atoms with Gasteiger partial charge in [-0.3, -0.25) is 4.57 Å². The van der Waals surface area contributed by atoms with Crippen molar-refractivity contribution in [3.05, 3.63) is 204 Å². The molecule has 0 radical (unpaired) electrons. The van der Waals surface area contributed by atoms with Crippen LogP contribution in [0.5, 0.6) is 11.5 Å². The highest BCUT2D eigenvalue weighted by Gasteiger charge is 2.36. The van der Waals surface area contributed by atoms with Crippen LogP contribution >= 0.6 is 0 Å². The number of nitrogens with zero attached hydrogens (tertiary/aromatic N) is 4. The minimum absolute atomic E-state index is 0.0388. The van der Waals surface area contributed by atoms with Crippen molar-refractivity contribution in [2.45, 2.75) is 64.7 Å². The lowest BCUT2D eigenvalue weighted by Crippen LogP contribution is -2.34. The van der Waals surface area contributed by atoms with Crippen molar-refractivity contribution >= 4 is 33.2 Å². The van der Waals surface area contributed by atoms with Crippen molar-refractivity contribution in [3.63, 3.8) is 0 Å². The number of pyridine rings is 1. The van der Waals surface area contributed by atoms with Crippen LogP contribution < -0.4 is 14.5 Å². The highest BCUT2D eigenvalue weighted by Crippen LogP contribution is 2.43. The maximum Gasteiger partial charge on any atom is 0.137 e. The molecule has 5 nitrogen and oxygen atoms in total. The third-order valence-electron chi connectivity index (χ3n) is 12.2. The number of para-hydroxylation sites is 1. The van der Waals surface area contributed by atoms with Crippen LogP contribution in [0.2, 0.25) is 0 Å². The third kappa shape index (κ3) is 7.05. The summed E-state index contributed by atoms with van der Waals surface area (Å²) in [5, 5.41) is 2.33. The van der Waals surface area contributed by atoms with Gasteiger partial charge in [-0.2, -0.15) is 0 Å². The van der Waals surface area contributed by atoms with Crippen molar-refractivity contribution in [2.24, 2.45) is 0 Å². The van der Waals surface area contributed by atoms with Crippen LogP contribution in [-0.4, -0.2) is 16.2 Å². The molecule has 0 bridgehead atoms. The summed E-state index contributed by atoms with van der Waals surface area (Å²) in [4.78, 5) is 9.76. The molecule has 6 aromatic carbocycles. The van der Waals surface area contributed by atoms with Gasteiger partial charge in [0.15, 0.2) is 0 Å². The molecule has 0 unspecified atom stereocenters. The SMILES string of the molecule is CC(C)(C)c1cccc(N2CN(c3cccc(Oc4ccc5c6ccccc6n(-c6cc(C(C)(C)c7ccccc7)ccn6)c5c4)c3)C=C2C(C)(C)c2ccccc2)c1. The Morgan fingerprint density at radius 3 is 1.86 bits per heavy atom. The molecule has 8 aromatic rings. The van der Waals surface area contributed by atoms with Gasteiger partial charge >= 0.3 is 0 Å². The normalized spacial score (nSPS) is 13.6. The van der Waals surface area contributed by atoms with E-state index in [9.17, 15) is 0 Å². The molecule has 1 aliphatic rings. The Morgan fingerprint density at radius 1 is 0.492 bits per heavy atom. The molecule has 3 heterocycles. The van der Waals surface area contributed by atoms with Gasteiger partial charge in [-0.1, -0.05) is 146 Å². The molecule has 0 saturated heterocycles. The molecule has 0 aliphatic carbocycles. The topological polar surface area (TPSA) is 33.5 Å². The molecule has 0 N–H and O–H groups in total. The fraction of sp³-hybridized carbons (Fsp3) is 0.204. The van der Waals surface area contributed by atoms with Crippen molar-refractivity contribution in [1.82, 2.24) is 9.55 Å². The number of hydrogen-bond acceptors (Lipinski definition) is 4. The lowest BCUT2D eigenvalue weighted by Gasteiger charge is -2.34. The van der Waals surface area contributed by atoms with Gasteiger partial charge in [-0.15, -0.1) is 0 Å². The molecular formula is C54H52N4O. The van der Waals surface area contributed by atoms with E-state index in [1.54, 1.807) is 0 Å². The van der Waals surface area contributed by atoms with Gasteiger partial charge in [-0.25, -0.2) is 4.98 Å². The standard InChI is InChI=1S/C54H52N4O/c1-52(2,3)40-22-16-24-43(32-40)57-37-56(36-50(57)54(6,7)39-20-12-9-13-21-39)42-23-17-25-44(34-42)59-45-28-29-47-46-26-14-15-27-48(46)58(49(47)35-45)51-33-41(30-31-55-51)53(4,5)38-18-10-8-11-19-38/h8-36H,37H2,1-7H3. The second-order valence-corrected chi connectivity index (χ2v) is 17.9. The van der Waals surface area contributed by atoms with Crippen LogP contribution in [-0.2, 0) is 16.2 Å².